The van der Waals surface area contributed by atoms with Crippen molar-refractivity contribution >= 4 is 5.69 Å². The number of para-hydroxylation sites is 1. The van der Waals surface area contributed by atoms with Crippen LogP contribution in [0.5, 0.6) is 11.5 Å². The molecule has 0 unspecified atom stereocenters. The fraction of sp³-hybridized carbons (Fsp3) is 0.143. The second-order valence-corrected chi connectivity index (χ2v) is 5.98. The number of fused-ring (bicyclic) bond motifs is 1. The van der Waals surface area contributed by atoms with Gasteiger partial charge in [-0.3, -0.25) is 0 Å². The van der Waals surface area contributed by atoms with E-state index < -0.39 is 0 Å². The van der Waals surface area contributed by atoms with E-state index >= 15 is 0 Å². The van der Waals surface area contributed by atoms with E-state index in [0.29, 0.717) is 13.2 Å². The second-order valence-electron chi connectivity index (χ2n) is 5.98. The molecule has 4 heteroatoms. The summed E-state index contributed by atoms with van der Waals surface area (Å²) in [6.45, 7) is 1.17. The van der Waals surface area contributed by atoms with Gasteiger partial charge in [0.1, 0.15) is 13.2 Å². The van der Waals surface area contributed by atoms with E-state index in [4.69, 9.17) is 15.2 Å². The molecule has 0 bridgehead atoms. The number of aliphatic hydroxyl groups excluding tert-OH is 1. The number of aliphatic hydroxyl groups is 1. The number of hydrogen-bond acceptors (Lipinski definition) is 4. The first kappa shape index (κ1) is 15.5. The third-order valence-electron chi connectivity index (χ3n) is 4.41. The summed E-state index contributed by atoms with van der Waals surface area (Å²) in [6, 6.07) is 19.7. The quantitative estimate of drug-likeness (QED) is 0.714. The molecule has 25 heavy (non-hydrogen) atoms. The lowest BCUT2D eigenvalue weighted by Gasteiger charge is -2.19. The first-order chi connectivity index (χ1) is 12.3. The summed E-state index contributed by atoms with van der Waals surface area (Å²) in [5, 5.41) is 9.20. The highest BCUT2D eigenvalue weighted by Crippen LogP contribution is 2.39. The maximum Gasteiger partial charge on any atom is 0.161 e. The first-order valence-electron chi connectivity index (χ1n) is 8.25. The van der Waals surface area contributed by atoms with Crippen molar-refractivity contribution in [3.8, 4) is 33.8 Å². The number of nitrogens with two attached hydrogens (primary N) is 1. The average molecular weight is 333 g/mol. The minimum atomic E-state index is 0.0347. The minimum absolute atomic E-state index is 0.0347. The highest BCUT2D eigenvalue weighted by molar-refractivity contribution is 5.89. The SMILES string of the molecule is Nc1c(-c2ccc(CO)cc2)cccc1-c1ccc2c(c1)OCCO2. The van der Waals surface area contributed by atoms with Crippen LogP contribution in [0.3, 0.4) is 0 Å². The average Bonchev–Trinajstić information content (AvgIpc) is 2.68. The third-order valence-corrected chi connectivity index (χ3v) is 4.41. The fourth-order valence-corrected chi connectivity index (χ4v) is 3.07. The molecule has 0 saturated heterocycles. The zero-order chi connectivity index (χ0) is 17.2. The Morgan fingerprint density at radius 2 is 1.44 bits per heavy atom. The molecule has 0 radical (unpaired) electrons. The smallest absolute Gasteiger partial charge is 0.161 e. The molecule has 0 atom stereocenters. The highest BCUT2D eigenvalue weighted by Gasteiger charge is 2.15. The van der Waals surface area contributed by atoms with Gasteiger partial charge in [0.2, 0.25) is 0 Å². The van der Waals surface area contributed by atoms with Crippen LogP contribution < -0.4 is 15.2 Å². The standard InChI is InChI=1S/C21H19NO3/c22-21-17(15-6-4-14(13-23)5-7-15)2-1-3-18(21)16-8-9-19-20(12-16)25-11-10-24-19/h1-9,12,23H,10-11,13,22H2. The lowest BCUT2D eigenvalue weighted by molar-refractivity contribution is 0.171. The minimum Gasteiger partial charge on any atom is -0.486 e. The van der Waals surface area contributed by atoms with Gasteiger partial charge in [0, 0.05) is 16.8 Å². The van der Waals surface area contributed by atoms with Crippen molar-refractivity contribution in [1.82, 2.24) is 0 Å². The van der Waals surface area contributed by atoms with Gasteiger partial charge in [-0.2, -0.15) is 0 Å². The Balaban J connectivity index is 1.76. The molecule has 1 heterocycles. The van der Waals surface area contributed by atoms with Crippen LogP contribution in [-0.4, -0.2) is 18.3 Å². The van der Waals surface area contributed by atoms with Gasteiger partial charge < -0.3 is 20.3 Å². The zero-order valence-corrected chi connectivity index (χ0v) is 13.7. The maximum absolute atomic E-state index is 9.20. The number of anilines is 1. The summed E-state index contributed by atoms with van der Waals surface area (Å²) in [4.78, 5) is 0. The van der Waals surface area contributed by atoms with Crippen molar-refractivity contribution in [1.29, 1.82) is 0 Å². The van der Waals surface area contributed by atoms with Crippen LogP contribution in [0, 0.1) is 0 Å². The van der Waals surface area contributed by atoms with Crippen molar-refractivity contribution in [2.45, 2.75) is 6.61 Å². The van der Waals surface area contributed by atoms with Gasteiger partial charge in [-0.05, 0) is 28.8 Å². The number of nitrogen functional groups attached to an aromatic ring is 1. The molecule has 0 amide bonds. The Kier molecular flexibility index (Phi) is 4.04. The monoisotopic (exact) mass is 333 g/mol. The van der Waals surface area contributed by atoms with E-state index in [0.717, 1.165) is 45.0 Å². The molecule has 4 nitrogen and oxygen atoms in total. The van der Waals surface area contributed by atoms with Crippen LogP contribution in [0.4, 0.5) is 5.69 Å². The van der Waals surface area contributed by atoms with E-state index in [9.17, 15) is 5.11 Å². The van der Waals surface area contributed by atoms with E-state index in [1.54, 1.807) is 0 Å². The highest BCUT2D eigenvalue weighted by atomic mass is 16.6. The molecule has 126 valence electrons. The number of ether oxygens (including phenoxy) is 2. The molecule has 3 N–H and O–H groups in total. The largest absolute Gasteiger partial charge is 0.486 e. The van der Waals surface area contributed by atoms with Crippen LogP contribution in [-0.2, 0) is 6.61 Å². The zero-order valence-electron chi connectivity index (χ0n) is 13.7. The molecule has 4 rings (SSSR count). The van der Waals surface area contributed by atoms with Crippen LogP contribution in [0.25, 0.3) is 22.3 Å². The van der Waals surface area contributed by atoms with Crippen LogP contribution in [0.15, 0.2) is 60.7 Å². The van der Waals surface area contributed by atoms with Gasteiger partial charge >= 0.3 is 0 Å². The Morgan fingerprint density at radius 1 is 0.800 bits per heavy atom. The van der Waals surface area contributed by atoms with Crippen LogP contribution >= 0.6 is 0 Å². The number of rotatable bonds is 3. The van der Waals surface area contributed by atoms with Crippen molar-refractivity contribution < 1.29 is 14.6 Å². The first-order valence-corrected chi connectivity index (χ1v) is 8.25. The van der Waals surface area contributed by atoms with E-state index in [2.05, 4.69) is 0 Å². The Labute approximate surface area is 146 Å². The predicted octanol–water partition coefficient (Wildman–Crippen LogP) is 3.87. The van der Waals surface area contributed by atoms with Gasteiger partial charge in [-0.1, -0.05) is 48.5 Å². The summed E-state index contributed by atoms with van der Waals surface area (Å²) in [7, 11) is 0. The molecule has 0 saturated carbocycles. The topological polar surface area (TPSA) is 64.7 Å². The molecule has 0 spiro atoms. The van der Waals surface area contributed by atoms with Crippen LogP contribution in [0.1, 0.15) is 5.56 Å². The molecule has 3 aromatic carbocycles. The van der Waals surface area contributed by atoms with E-state index in [1.807, 2.05) is 60.7 Å². The molecule has 0 aromatic heterocycles. The van der Waals surface area contributed by atoms with Crippen molar-refractivity contribution in [3.63, 3.8) is 0 Å². The Morgan fingerprint density at radius 3 is 2.16 bits per heavy atom. The summed E-state index contributed by atoms with van der Waals surface area (Å²) in [6.07, 6.45) is 0. The van der Waals surface area contributed by atoms with Crippen molar-refractivity contribution in [2.24, 2.45) is 0 Å². The molecule has 3 aromatic rings. The molecular formula is C21H19NO3. The molecular weight excluding hydrogens is 314 g/mol. The van der Waals surface area contributed by atoms with Crippen LogP contribution in [0.2, 0.25) is 0 Å². The maximum atomic E-state index is 9.20. The van der Waals surface area contributed by atoms with Gasteiger partial charge in [-0.25, -0.2) is 0 Å². The second kappa shape index (κ2) is 6.49. The fourth-order valence-electron chi connectivity index (χ4n) is 3.07. The normalized spacial score (nSPS) is 12.8. The summed E-state index contributed by atoms with van der Waals surface area (Å²) < 4.78 is 11.3. The van der Waals surface area contributed by atoms with Gasteiger partial charge in [0.05, 0.1) is 6.61 Å². The molecule has 0 fully saturated rings. The lowest BCUT2D eigenvalue weighted by atomic mass is 9.95. The number of benzene rings is 3. The molecule has 0 aliphatic carbocycles. The lowest BCUT2D eigenvalue weighted by Crippen LogP contribution is -2.15. The van der Waals surface area contributed by atoms with E-state index in [1.165, 1.54) is 0 Å². The Hall–Kier alpha value is -2.98. The summed E-state index contributed by atoms with van der Waals surface area (Å²) >= 11 is 0. The third kappa shape index (κ3) is 2.92. The van der Waals surface area contributed by atoms with Gasteiger partial charge in [0.15, 0.2) is 11.5 Å². The molecule has 1 aliphatic heterocycles. The summed E-state index contributed by atoms with van der Waals surface area (Å²) in [5.74, 6) is 1.52. The van der Waals surface area contributed by atoms with Crippen molar-refractivity contribution in [2.75, 3.05) is 18.9 Å². The predicted molar refractivity (Wildman–Crippen MR) is 98.6 cm³/mol. The summed E-state index contributed by atoms with van der Waals surface area (Å²) in [5.41, 5.74) is 12.0. The van der Waals surface area contributed by atoms with E-state index in [-0.39, 0.29) is 6.61 Å². The van der Waals surface area contributed by atoms with Gasteiger partial charge in [0.25, 0.3) is 0 Å². The number of hydrogen-bond donors (Lipinski definition) is 2. The van der Waals surface area contributed by atoms with Gasteiger partial charge in [-0.15, -0.1) is 0 Å². The van der Waals surface area contributed by atoms with Crippen molar-refractivity contribution in [3.05, 3.63) is 66.2 Å². The molecule has 1 aliphatic rings. The Bertz CT molecular complexity index is 904.